The molecule has 1 saturated heterocycles. The number of pyridine rings is 1. The zero-order valence-electron chi connectivity index (χ0n) is 14.1. The second-order valence-electron chi connectivity index (χ2n) is 6.36. The van der Waals surface area contributed by atoms with Gasteiger partial charge in [0.1, 0.15) is 0 Å². The number of carbonyl (C=O) groups excluding carboxylic acids is 1. The van der Waals surface area contributed by atoms with Crippen LogP contribution in [0.1, 0.15) is 30.1 Å². The fourth-order valence-corrected chi connectivity index (χ4v) is 3.38. The van der Waals surface area contributed by atoms with Crippen LogP contribution in [0, 0.1) is 5.92 Å². The third kappa shape index (κ3) is 4.01. The molecule has 4 heteroatoms. The molecule has 1 aromatic heterocycles. The minimum Gasteiger partial charge on any atom is -0.367 e. The first-order valence-corrected chi connectivity index (χ1v) is 8.53. The molecule has 1 amide bonds. The number of benzene rings is 1. The molecule has 2 heterocycles. The molecular weight excluding hydrogens is 300 g/mol. The van der Waals surface area contributed by atoms with Crippen LogP contribution in [0.25, 0.3) is 0 Å². The SMILES string of the molecule is CO[C@@H](C(=O)N1CCC(Cc2cccnc2)CC1)c1ccccc1. The van der Waals surface area contributed by atoms with E-state index < -0.39 is 6.10 Å². The van der Waals surface area contributed by atoms with Gasteiger partial charge in [-0.15, -0.1) is 0 Å². The standard InChI is InChI=1S/C20H24N2O2/c1-24-19(18-7-3-2-4-8-18)20(23)22-12-9-16(10-13-22)14-17-6-5-11-21-15-17/h2-8,11,15-16,19H,9-10,12-14H2,1H3/t19-/m1/s1. The number of amides is 1. The monoisotopic (exact) mass is 324 g/mol. The Morgan fingerprint density at radius 3 is 2.58 bits per heavy atom. The Morgan fingerprint density at radius 1 is 1.21 bits per heavy atom. The first kappa shape index (κ1) is 16.7. The highest BCUT2D eigenvalue weighted by Gasteiger charge is 2.29. The van der Waals surface area contributed by atoms with E-state index >= 15 is 0 Å². The molecule has 1 aromatic carbocycles. The van der Waals surface area contributed by atoms with Crippen LogP contribution in [0.15, 0.2) is 54.9 Å². The van der Waals surface area contributed by atoms with Crippen molar-refractivity contribution in [3.63, 3.8) is 0 Å². The molecule has 126 valence electrons. The summed E-state index contributed by atoms with van der Waals surface area (Å²) < 4.78 is 5.47. The molecule has 0 spiro atoms. The highest BCUT2D eigenvalue weighted by molar-refractivity contribution is 5.82. The lowest BCUT2D eigenvalue weighted by Gasteiger charge is -2.34. The second kappa shape index (κ2) is 8.06. The maximum absolute atomic E-state index is 12.8. The lowest BCUT2D eigenvalue weighted by atomic mass is 9.90. The summed E-state index contributed by atoms with van der Waals surface area (Å²) >= 11 is 0. The zero-order valence-corrected chi connectivity index (χ0v) is 14.1. The number of hydrogen-bond donors (Lipinski definition) is 0. The van der Waals surface area contributed by atoms with Crippen LogP contribution in [-0.2, 0) is 16.0 Å². The first-order valence-electron chi connectivity index (χ1n) is 8.53. The summed E-state index contributed by atoms with van der Waals surface area (Å²) in [5.41, 5.74) is 2.20. The van der Waals surface area contributed by atoms with Gasteiger partial charge in [0, 0.05) is 32.6 Å². The molecule has 0 saturated carbocycles. The van der Waals surface area contributed by atoms with Crippen molar-refractivity contribution in [3.05, 3.63) is 66.0 Å². The van der Waals surface area contributed by atoms with Gasteiger partial charge in [-0.1, -0.05) is 36.4 Å². The van der Waals surface area contributed by atoms with Gasteiger partial charge in [0.25, 0.3) is 5.91 Å². The first-order chi connectivity index (χ1) is 11.8. The van der Waals surface area contributed by atoms with Crippen LogP contribution in [0.2, 0.25) is 0 Å². The molecule has 1 fully saturated rings. The molecule has 0 bridgehead atoms. The van der Waals surface area contributed by atoms with Crippen molar-refractivity contribution >= 4 is 5.91 Å². The Labute approximate surface area is 143 Å². The highest BCUT2D eigenvalue weighted by Crippen LogP contribution is 2.25. The summed E-state index contributed by atoms with van der Waals surface area (Å²) in [6.45, 7) is 1.60. The van der Waals surface area contributed by atoms with Gasteiger partial charge in [0.05, 0.1) is 0 Å². The Bertz CT molecular complexity index is 637. The van der Waals surface area contributed by atoms with E-state index in [1.165, 1.54) is 5.56 Å². The molecule has 1 atom stereocenters. The Hall–Kier alpha value is -2.20. The number of hydrogen-bond acceptors (Lipinski definition) is 3. The summed E-state index contributed by atoms with van der Waals surface area (Å²) in [5.74, 6) is 0.694. The van der Waals surface area contributed by atoms with E-state index in [9.17, 15) is 4.79 Å². The van der Waals surface area contributed by atoms with Gasteiger partial charge in [0.15, 0.2) is 6.10 Å². The normalized spacial score (nSPS) is 16.8. The van der Waals surface area contributed by atoms with Crippen molar-refractivity contribution < 1.29 is 9.53 Å². The average Bonchev–Trinajstić information content (AvgIpc) is 2.65. The summed E-state index contributed by atoms with van der Waals surface area (Å²) in [7, 11) is 1.60. The maximum Gasteiger partial charge on any atom is 0.256 e. The number of carbonyl (C=O) groups is 1. The predicted octanol–water partition coefficient (Wildman–Crippen LogP) is 3.25. The zero-order chi connectivity index (χ0) is 16.8. The van der Waals surface area contributed by atoms with Crippen LogP contribution in [-0.4, -0.2) is 36.0 Å². The molecule has 3 rings (SSSR count). The van der Waals surface area contributed by atoms with E-state index in [2.05, 4.69) is 11.1 Å². The number of methoxy groups -OCH3 is 1. The van der Waals surface area contributed by atoms with E-state index in [1.807, 2.05) is 47.5 Å². The fraction of sp³-hybridized carbons (Fsp3) is 0.400. The topological polar surface area (TPSA) is 42.4 Å². The summed E-state index contributed by atoms with van der Waals surface area (Å²) in [6.07, 6.45) is 6.36. The smallest absolute Gasteiger partial charge is 0.256 e. The van der Waals surface area contributed by atoms with Gasteiger partial charge in [0.2, 0.25) is 0 Å². The number of ether oxygens (including phenoxy) is 1. The van der Waals surface area contributed by atoms with E-state index in [0.29, 0.717) is 5.92 Å². The van der Waals surface area contributed by atoms with E-state index in [-0.39, 0.29) is 5.91 Å². The van der Waals surface area contributed by atoms with E-state index in [0.717, 1.165) is 37.9 Å². The van der Waals surface area contributed by atoms with Crippen molar-refractivity contribution in [3.8, 4) is 0 Å². The summed E-state index contributed by atoms with van der Waals surface area (Å²) in [4.78, 5) is 18.9. The molecule has 4 nitrogen and oxygen atoms in total. The number of nitrogens with zero attached hydrogens (tertiary/aromatic N) is 2. The van der Waals surface area contributed by atoms with Crippen LogP contribution in [0.4, 0.5) is 0 Å². The number of likely N-dealkylation sites (tertiary alicyclic amines) is 1. The van der Waals surface area contributed by atoms with Gasteiger partial charge < -0.3 is 9.64 Å². The number of aromatic nitrogens is 1. The van der Waals surface area contributed by atoms with Gasteiger partial charge >= 0.3 is 0 Å². The summed E-state index contributed by atoms with van der Waals surface area (Å²) in [6, 6.07) is 13.8. The molecule has 0 radical (unpaired) electrons. The van der Waals surface area contributed by atoms with Crippen molar-refractivity contribution in [1.82, 2.24) is 9.88 Å². The minimum atomic E-state index is -0.499. The van der Waals surface area contributed by atoms with E-state index in [1.54, 1.807) is 13.3 Å². The summed E-state index contributed by atoms with van der Waals surface area (Å²) in [5, 5.41) is 0. The predicted molar refractivity (Wildman–Crippen MR) is 93.4 cm³/mol. The Kier molecular flexibility index (Phi) is 5.59. The molecule has 0 unspecified atom stereocenters. The number of piperidine rings is 1. The molecule has 24 heavy (non-hydrogen) atoms. The number of rotatable bonds is 5. The lowest BCUT2D eigenvalue weighted by molar-refractivity contribution is -0.143. The van der Waals surface area contributed by atoms with Crippen molar-refractivity contribution in [2.45, 2.75) is 25.4 Å². The molecule has 0 aliphatic carbocycles. The molecule has 0 N–H and O–H groups in total. The van der Waals surface area contributed by atoms with E-state index in [4.69, 9.17) is 4.74 Å². The van der Waals surface area contributed by atoms with Crippen molar-refractivity contribution in [1.29, 1.82) is 0 Å². The Balaban J connectivity index is 1.56. The fourth-order valence-electron chi connectivity index (χ4n) is 3.38. The van der Waals surface area contributed by atoms with Crippen LogP contribution in [0.5, 0.6) is 0 Å². The average molecular weight is 324 g/mol. The molecule has 1 aliphatic rings. The largest absolute Gasteiger partial charge is 0.367 e. The van der Waals surface area contributed by atoms with Gasteiger partial charge in [-0.3, -0.25) is 9.78 Å². The van der Waals surface area contributed by atoms with Gasteiger partial charge in [-0.05, 0) is 42.4 Å². The second-order valence-corrected chi connectivity index (χ2v) is 6.36. The van der Waals surface area contributed by atoms with Crippen LogP contribution >= 0.6 is 0 Å². The third-order valence-corrected chi connectivity index (χ3v) is 4.74. The van der Waals surface area contributed by atoms with Gasteiger partial charge in [-0.2, -0.15) is 0 Å². The molecule has 1 aliphatic heterocycles. The quantitative estimate of drug-likeness (QED) is 0.848. The lowest BCUT2D eigenvalue weighted by Crippen LogP contribution is -2.41. The minimum absolute atomic E-state index is 0.0727. The van der Waals surface area contributed by atoms with Crippen LogP contribution < -0.4 is 0 Å². The van der Waals surface area contributed by atoms with Crippen molar-refractivity contribution in [2.24, 2.45) is 5.92 Å². The maximum atomic E-state index is 12.8. The van der Waals surface area contributed by atoms with Crippen LogP contribution in [0.3, 0.4) is 0 Å². The third-order valence-electron chi connectivity index (χ3n) is 4.74. The van der Waals surface area contributed by atoms with Crippen molar-refractivity contribution in [2.75, 3.05) is 20.2 Å². The van der Waals surface area contributed by atoms with Gasteiger partial charge in [-0.25, -0.2) is 0 Å². The highest BCUT2D eigenvalue weighted by atomic mass is 16.5. The molecular formula is C20H24N2O2. The Morgan fingerprint density at radius 2 is 1.96 bits per heavy atom. The molecule has 2 aromatic rings.